The predicted octanol–water partition coefficient (Wildman–Crippen LogP) is 3.01. The third-order valence-electron chi connectivity index (χ3n) is 2.99. The highest BCUT2D eigenvalue weighted by molar-refractivity contribution is 9.10. The molecule has 18 heavy (non-hydrogen) atoms. The summed E-state index contributed by atoms with van der Waals surface area (Å²) in [6.07, 6.45) is 1.86. The molecule has 1 atom stereocenters. The fraction of sp³-hybridized carbons (Fsp3) is 0.214. The third kappa shape index (κ3) is 2.77. The number of aryl methyl sites for hydroxylation is 2. The van der Waals surface area contributed by atoms with Gasteiger partial charge in [0.2, 0.25) is 0 Å². The monoisotopic (exact) mass is 305 g/mol. The molecule has 0 radical (unpaired) electrons. The Morgan fingerprint density at radius 3 is 2.61 bits per heavy atom. The summed E-state index contributed by atoms with van der Waals surface area (Å²) in [6, 6.07) is 10.2. The molecule has 2 aromatic rings. The van der Waals surface area contributed by atoms with Crippen molar-refractivity contribution < 1.29 is 0 Å². The Kier molecular flexibility index (Phi) is 4.11. The number of nitrogens with one attached hydrogen (secondary N) is 1. The smallest absolute Gasteiger partial charge is 0.0727 e. The summed E-state index contributed by atoms with van der Waals surface area (Å²) in [5, 5.41) is 0. The topological polar surface area (TPSA) is 50.9 Å². The van der Waals surface area contributed by atoms with Crippen LogP contribution in [0.25, 0.3) is 0 Å². The second kappa shape index (κ2) is 5.61. The molecule has 1 unspecified atom stereocenters. The van der Waals surface area contributed by atoms with E-state index in [-0.39, 0.29) is 6.04 Å². The summed E-state index contributed by atoms with van der Waals surface area (Å²) in [4.78, 5) is 4.32. The number of hydrogen-bond donors (Lipinski definition) is 2. The zero-order chi connectivity index (χ0) is 13.1. The molecule has 0 aliphatic rings. The fourth-order valence-corrected chi connectivity index (χ4v) is 2.32. The van der Waals surface area contributed by atoms with Crippen molar-refractivity contribution in [2.45, 2.75) is 19.9 Å². The average molecular weight is 306 g/mol. The van der Waals surface area contributed by atoms with E-state index in [1.165, 1.54) is 5.56 Å². The number of hydrogen-bond acceptors (Lipinski definition) is 3. The summed E-state index contributed by atoms with van der Waals surface area (Å²) in [5.41, 5.74) is 7.27. The highest BCUT2D eigenvalue weighted by Crippen LogP contribution is 2.26. The van der Waals surface area contributed by atoms with Crippen LogP contribution in [0.2, 0.25) is 0 Å². The van der Waals surface area contributed by atoms with Crippen LogP contribution in [0.4, 0.5) is 0 Å². The van der Waals surface area contributed by atoms with Crippen molar-refractivity contribution in [2.24, 2.45) is 5.84 Å². The molecule has 0 spiro atoms. The van der Waals surface area contributed by atoms with E-state index in [2.05, 4.69) is 45.4 Å². The van der Waals surface area contributed by atoms with Gasteiger partial charge in [-0.05, 0) is 48.7 Å². The van der Waals surface area contributed by atoms with Gasteiger partial charge in [0.1, 0.15) is 0 Å². The van der Waals surface area contributed by atoms with Gasteiger partial charge in [-0.2, -0.15) is 0 Å². The lowest BCUT2D eigenvalue weighted by molar-refractivity contribution is 0.631. The van der Waals surface area contributed by atoms with Crippen LogP contribution in [-0.2, 0) is 0 Å². The first kappa shape index (κ1) is 13.2. The molecular weight excluding hydrogens is 290 g/mol. The van der Waals surface area contributed by atoms with Gasteiger partial charge in [-0.3, -0.25) is 10.8 Å². The number of rotatable bonds is 3. The minimum Gasteiger partial charge on any atom is -0.271 e. The van der Waals surface area contributed by atoms with Crippen molar-refractivity contribution in [1.82, 2.24) is 10.4 Å². The molecule has 2 rings (SSSR count). The first-order chi connectivity index (χ1) is 8.61. The predicted molar refractivity (Wildman–Crippen MR) is 77.0 cm³/mol. The Hall–Kier alpha value is -1.23. The summed E-state index contributed by atoms with van der Waals surface area (Å²) in [6.45, 7) is 4.05. The van der Waals surface area contributed by atoms with Gasteiger partial charge in [0, 0.05) is 16.4 Å². The molecule has 1 aromatic carbocycles. The van der Waals surface area contributed by atoms with E-state index in [4.69, 9.17) is 5.84 Å². The van der Waals surface area contributed by atoms with Crippen LogP contribution in [0.5, 0.6) is 0 Å². The van der Waals surface area contributed by atoms with Crippen LogP contribution in [0.3, 0.4) is 0 Å². The van der Waals surface area contributed by atoms with Gasteiger partial charge in [-0.25, -0.2) is 5.43 Å². The molecule has 3 nitrogen and oxygen atoms in total. The van der Waals surface area contributed by atoms with Gasteiger partial charge in [-0.1, -0.05) is 28.1 Å². The number of hydrazine groups is 1. The van der Waals surface area contributed by atoms with E-state index in [9.17, 15) is 0 Å². The highest BCUT2D eigenvalue weighted by Gasteiger charge is 2.15. The molecule has 0 saturated carbocycles. The summed E-state index contributed by atoms with van der Waals surface area (Å²) >= 11 is 3.49. The van der Waals surface area contributed by atoms with E-state index in [0.717, 1.165) is 21.3 Å². The first-order valence-electron chi connectivity index (χ1n) is 5.76. The number of benzene rings is 1. The van der Waals surface area contributed by atoms with Crippen LogP contribution in [0, 0.1) is 13.8 Å². The van der Waals surface area contributed by atoms with Crippen LogP contribution < -0.4 is 11.3 Å². The maximum atomic E-state index is 5.70. The second-order valence-corrected chi connectivity index (χ2v) is 5.25. The highest BCUT2D eigenvalue weighted by atomic mass is 79.9. The van der Waals surface area contributed by atoms with Gasteiger partial charge in [0.05, 0.1) is 6.04 Å². The van der Waals surface area contributed by atoms with Crippen molar-refractivity contribution in [2.75, 3.05) is 0 Å². The number of pyridine rings is 1. The number of halogens is 1. The SMILES string of the molecule is Cc1ccc(C(NN)c2cc(Br)ccc2C)cn1. The maximum absolute atomic E-state index is 5.70. The van der Waals surface area contributed by atoms with Gasteiger partial charge in [-0.15, -0.1) is 0 Å². The van der Waals surface area contributed by atoms with Crippen molar-refractivity contribution in [3.05, 3.63) is 63.4 Å². The van der Waals surface area contributed by atoms with E-state index < -0.39 is 0 Å². The van der Waals surface area contributed by atoms with E-state index in [0.29, 0.717) is 0 Å². The Morgan fingerprint density at radius 1 is 1.22 bits per heavy atom. The van der Waals surface area contributed by atoms with Gasteiger partial charge >= 0.3 is 0 Å². The summed E-state index contributed by atoms with van der Waals surface area (Å²) in [5.74, 6) is 5.70. The standard InChI is InChI=1S/C14H16BrN3/c1-9-3-6-12(15)7-13(9)14(18-16)11-5-4-10(2)17-8-11/h3-8,14,18H,16H2,1-2H3. The second-order valence-electron chi connectivity index (χ2n) is 4.33. The fourth-order valence-electron chi connectivity index (χ4n) is 1.94. The zero-order valence-corrected chi connectivity index (χ0v) is 12.0. The number of nitrogens with two attached hydrogens (primary N) is 1. The Bertz CT molecular complexity index is 537. The number of nitrogens with zero attached hydrogens (tertiary/aromatic N) is 1. The first-order valence-corrected chi connectivity index (χ1v) is 6.56. The molecule has 0 aliphatic heterocycles. The minimum absolute atomic E-state index is 0.0457. The molecule has 0 amide bonds. The normalized spacial score (nSPS) is 12.4. The molecule has 1 heterocycles. The summed E-state index contributed by atoms with van der Waals surface area (Å²) < 4.78 is 1.04. The molecule has 1 aromatic heterocycles. The van der Waals surface area contributed by atoms with Gasteiger partial charge in [0.15, 0.2) is 0 Å². The van der Waals surface area contributed by atoms with E-state index in [1.807, 2.05) is 31.3 Å². The quantitative estimate of drug-likeness (QED) is 0.677. The minimum atomic E-state index is -0.0457. The average Bonchev–Trinajstić information content (AvgIpc) is 2.37. The lowest BCUT2D eigenvalue weighted by atomic mass is 9.96. The maximum Gasteiger partial charge on any atom is 0.0727 e. The molecule has 94 valence electrons. The van der Waals surface area contributed by atoms with Crippen LogP contribution >= 0.6 is 15.9 Å². The van der Waals surface area contributed by atoms with Crippen LogP contribution in [0.1, 0.15) is 28.4 Å². The van der Waals surface area contributed by atoms with Crippen LogP contribution in [0.15, 0.2) is 41.0 Å². The van der Waals surface area contributed by atoms with Crippen LogP contribution in [-0.4, -0.2) is 4.98 Å². The van der Waals surface area contributed by atoms with Crippen molar-refractivity contribution in [3.8, 4) is 0 Å². The lowest BCUT2D eigenvalue weighted by Gasteiger charge is -2.19. The van der Waals surface area contributed by atoms with Crippen molar-refractivity contribution in [1.29, 1.82) is 0 Å². The molecule has 0 bridgehead atoms. The Labute approximate surface area is 116 Å². The van der Waals surface area contributed by atoms with E-state index >= 15 is 0 Å². The molecular formula is C14H16BrN3. The lowest BCUT2D eigenvalue weighted by Crippen LogP contribution is -2.29. The Balaban J connectivity index is 2.44. The molecule has 4 heteroatoms. The largest absolute Gasteiger partial charge is 0.271 e. The van der Waals surface area contributed by atoms with E-state index in [1.54, 1.807) is 0 Å². The number of aromatic nitrogens is 1. The third-order valence-corrected chi connectivity index (χ3v) is 3.48. The molecule has 0 fully saturated rings. The summed E-state index contributed by atoms with van der Waals surface area (Å²) in [7, 11) is 0. The molecule has 3 N–H and O–H groups in total. The van der Waals surface area contributed by atoms with Gasteiger partial charge < -0.3 is 0 Å². The molecule has 0 saturated heterocycles. The Morgan fingerprint density at radius 2 is 2.00 bits per heavy atom. The zero-order valence-electron chi connectivity index (χ0n) is 10.4. The van der Waals surface area contributed by atoms with Gasteiger partial charge in [0.25, 0.3) is 0 Å². The van der Waals surface area contributed by atoms with Crippen molar-refractivity contribution in [3.63, 3.8) is 0 Å². The molecule has 0 aliphatic carbocycles. The van der Waals surface area contributed by atoms with Crippen molar-refractivity contribution >= 4 is 15.9 Å².